The number of amides is 1. The largest absolute Gasteiger partial charge is 0.383 e. The Labute approximate surface area is 125 Å². The first-order valence-corrected chi connectivity index (χ1v) is 7.63. The second-order valence-electron chi connectivity index (χ2n) is 5.74. The molecule has 1 aliphatic carbocycles. The van der Waals surface area contributed by atoms with Crippen LogP contribution in [0.25, 0.3) is 10.8 Å². The van der Waals surface area contributed by atoms with E-state index in [-0.39, 0.29) is 5.91 Å². The number of nitrogens with zero attached hydrogens (tertiary/aromatic N) is 2. The van der Waals surface area contributed by atoms with Crippen molar-refractivity contribution < 1.29 is 4.79 Å². The SMILES string of the molecule is CCN(CC1CCC1)C(=O)c1cnc(N)c2ccccc12. The molecule has 4 nitrogen and oxygen atoms in total. The van der Waals surface area contributed by atoms with Crippen LogP contribution in [-0.4, -0.2) is 28.9 Å². The molecule has 0 spiro atoms. The third-order valence-corrected chi connectivity index (χ3v) is 4.43. The number of aromatic nitrogens is 1. The third-order valence-electron chi connectivity index (χ3n) is 4.43. The van der Waals surface area contributed by atoms with Crippen LogP contribution < -0.4 is 5.73 Å². The van der Waals surface area contributed by atoms with Gasteiger partial charge in [0.25, 0.3) is 5.91 Å². The molecule has 4 heteroatoms. The average Bonchev–Trinajstić information content (AvgIpc) is 2.46. The van der Waals surface area contributed by atoms with Crippen molar-refractivity contribution >= 4 is 22.5 Å². The lowest BCUT2D eigenvalue weighted by Gasteiger charge is -2.32. The number of fused-ring (bicyclic) bond motifs is 1. The molecule has 0 saturated heterocycles. The number of pyridine rings is 1. The third kappa shape index (κ3) is 2.58. The number of hydrogen-bond donors (Lipinski definition) is 1. The lowest BCUT2D eigenvalue weighted by molar-refractivity contribution is 0.0708. The van der Waals surface area contributed by atoms with Gasteiger partial charge in [-0.25, -0.2) is 4.98 Å². The first-order valence-electron chi connectivity index (χ1n) is 7.63. The van der Waals surface area contributed by atoms with E-state index in [0.717, 1.165) is 23.9 Å². The first-order chi connectivity index (χ1) is 10.2. The van der Waals surface area contributed by atoms with Crippen molar-refractivity contribution in [1.29, 1.82) is 0 Å². The van der Waals surface area contributed by atoms with E-state index in [0.29, 0.717) is 17.3 Å². The molecule has 1 heterocycles. The molecule has 1 amide bonds. The van der Waals surface area contributed by atoms with Gasteiger partial charge in [-0.15, -0.1) is 0 Å². The molecule has 1 fully saturated rings. The highest BCUT2D eigenvalue weighted by atomic mass is 16.2. The minimum atomic E-state index is 0.0631. The number of hydrogen-bond acceptors (Lipinski definition) is 3. The molecule has 0 atom stereocenters. The minimum Gasteiger partial charge on any atom is -0.383 e. The Morgan fingerprint density at radius 2 is 2.05 bits per heavy atom. The van der Waals surface area contributed by atoms with Crippen LogP contribution in [0.3, 0.4) is 0 Å². The number of nitrogens with two attached hydrogens (primary N) is 1. The van der Waals surface area contributed by atoms with E-state index in [9.17, 15) is 4.79 Å². The zero-order valence-electron chi connectivity index (χ0n) is 12.4. The van der Waals surface area contributed by atoms with Gasteiger partial charge >= 0.3 is 0 Å². The molecule has 0 bridgehead atoms. The molecule has 2 N–H and O–H groups in total. The lowest BCUT2D eigenvalue weighted by Crippen LogP contribution is -2.37. The maximum atomic E-state index is 12.8. The molecule has 1 aromatic carbocycles. The van der Waals surface area contributed by atoms with E-state index in [1.807, 2.05) is 36.1 Å². The van der Waals surface area contributed by atoms with Crippen LogP contribution in [0.15, 0.2) is 30.5 Å². The van der Waals surface area contributed by atoms with Crippen molar-refractivity contribution in [3.63, 3.8) is 0 Å². The van der Waals surface area contributed by atoms with Crippen molar-refractivity contribution in [3.05, 3.63) is 36.0 Å². The van der Waals surface area contributed by atoms with E-state index < -0.39 is 0 Å². The van der Waals surface area contributed by atoms with Crippen LogP contribution >= 0.6 is 0 Å². The Bertz CT molecular complexity index is 664. The molecular weight excluding hydrogens is 262 g/mol. The van der Waals surface area contributed by atoms with Crippen LogP contribution in [-0.2, 0) is 0 Å². The Kier molecular flexibility index (Phi) is 3.78. The van der Waals surface area contributed by atoms with Gasteiger partial charge in [0, 0.05) is 24.7 Å². The number of benzene rings is 1. The molecule has 1 aliphatic rings. The smallest absolute Gasteiger partial charge is 0.256 e. The Balaban J connectivity index is 1.94. The minimum absolute atomic E-state index is 0.0631. The number of carbonyl (C=O) groups excluding carboxylic acids is 1. The lowest BCUT2D eigenvalue weighted by atomic mass is 9.85. The molecule has 1 saturated carbocycles. The highest BCUT2D eigenvalue weighted by Crippen LogP contribution is 2.28. The average molecular weight is 283 g/mol. The van der Waals surface area contributed by atoms with E-state index in [1.54, 1.807) is 6.20 Å². The van der Waals surface area contributed by atoms with E-state index in [1.165, 1.54) is 19.3 Å². The highest BCUT2D eigenvalue weighted by Gasteiger charge is 2.24. The Morgan fingerprint density at radius 1 is 1.33 bits per heavy atom. The number of carbonyl (C=O) groups is 1. The zero-order chi connectivity index (χ0) is 14.8. The molecule has 21 heavy (non-hydrogen) atoms. The normalized spacial score (nSPS) is 14.9. The van der Waals surface area contributed by atoms with Gasteiger partial charge in [-0.3, -0.25) is 4.79 Å². The predicted molar refractivity (Wildman–Crippen MR) is 85.1 cm³/mol. The van der Waals surface area contributed by atoms with E-state index in [2.05, 4.69) is 4.98 Å². The summed E-state index contributed by atoms with van der Waals surface area (Å²) in [6, 6.07) is 7.70. The number of rotatable bonds is 4. The summed E-state index contributed by atoms with van der Waals surface area (Å²) in [7, 11) is 0. The fraction of sp³-hybridized carbons (Fsp3) is 0.412. The van der Waals surface area contributed by atoms with Crippen molar-refractivity contribution in [3.8, 4) is 0 Å². The monoisotopic (exact) mass is 283 g/mol. The Hall–Kier alpha value is -2.10. The van der Waals surface area contributed by atoms with Crippen LogP contribution in [0.4, 0.5) is 5.82 Å². The molecule has 3 rings (SSSR count). The first kappa shape index (κ1) is 13.9. The second kappa shape index (κ2) is 5.72. The molecular formula is C17H21N3O. The van der Waals surface area contributed by atoms with Gasteiger partial charge in [0.2, 0.25) is 0 Å². The summed E-state index contributed by atoms with van der Waals surface area (Å²) in [5.74, 6) is 1.21. The van der Waals surface area contributed by atoms with Crippen LogP contribution in [0.1, 0.15) is 36.5 Å². The number of anilines is 1. The van der Waals surface area contributed by atoms with Crippen molar-refractivity contribution in [2.45, 2.75) is 26.2 Å². The van der Waals surface area contributed by atoms with Gasteiger partial charge in [0.15, 0.2) is 0 Å². The summed E-state index contributed by atoms with van der Waals surface area (Å²) in [5, 5.41) is 1.74. The van der Waals surface area contributed by atoms with Gasteiger partial charge in [-0.05, 0) is 31.1 Å². The summed E-state index contributed by atoms with van der Waals surface area (Å²) in [6.45, 7) is 3.62. The van der Waals surface area contributed by atoms with Gasteiger partial charge < -0.3 is 10.6 Å². The van der Waals surface area contributed by atoms with Crippen molar-refractivity contribution in [2.24, 2.45) is 5.92 Å². The van der Waals surface area contributed by atoms with Crippen LogP contribution in [0.2, 0.25) is 0 Å². The summed E-state index contributed by atoms with van der Waals surface area (Å²) in [4.78, 5) is 18.9. The maximum absolute atomic E-state index is 12.8. The maximum Gasteiger partial charge on any atom is 0.256 e. The van der Waals surface area contributed by atoms with Gasteiger partial charge in [-0.1, -0.05) is 30.7 Å². The molecule has 1 aromatic heterocycles. The van der Waals surface area contributed by atoms with Gasteiger partial charge in [-0.2, -0.15) is 0 Å². The molecule has 0 radical (unpaired) electrons. The second-order valence-corrected chi connectivity index (χ2v) is 5.74. The molecule has 110 valence electrons. The van der Waals surface area contributed by atoms with E-state index >= 15 is 0 Å². The predicted octanol–water partition coefficient (Wildman–Crippen LogP) is 3.08. The topological polar surface area (TPSA) is 59.2 Å². The van der Waals surface area contributed by atoms with Crippen molar-refractivity contribution in [1.82, 2.24) is 9.88 Å². The summed E-state index contributed by atoms with van der Waals surface area (Å²) < 4.78 is 0. The summed E-state index contributed by atoms with van der Waals surface area (Å²) >= 11 is 0. The zero-order valence-corrected chi connectivity index (χ0v) is 12.4. The summed E-state index contributed by atoms with van der Waals surface area (Å²) in [6.07, 6.45) is 5.39. The molecule has 0 aliphatic heterocycles. The van der Waals surface area contributed by atoms with Gasteiger partial charge in [0.05, 0.1) is 5.56 Å². The standard InChI is InChI=1S/C17H21N3O/c1-2-20(11-12-6-5-7-12)17(21)15-10-19-16(18)14-9-4-3-8-13(14)15/h3-4,8-10,12H,2,5-7,11H2,1H3,(H2,18,19). The quantitative estimate of drug-likeness (QED) is 0.938. The Morgan fingerprint density at radius 3 is 2.67 bits per heavy atom. The molecule has 0 unspecified atom stereocenters. The number of nitrogen functional groups attached to an aromatic ring is 1. The van der Waals surface area contributed by atoms with Crippen LogP contribution in [0.5, 0.6) is 0 Å². The molecule has 2 aromatic rings. The van der Waals surface area contributed by atoms with Crippen molar-refractivity contribution in [2.75, 3.05) is 18.8 Å². The fourth-order valence-corrected chi connectivity index (χ4v) is 2.90. The fourth-order valence-electron chi connectivity index (χ4n) is 2.90. The summed E-state index contributed by atoms with van der Waals surface area (Å²) in [5.41, 5.74) is 6.56. The van der Waals surface area contributed by atoms with Crippen LogP contribution in [0, 0.1) is 5.92 Å². The van der Waals surface area contributed by atoms with Gasteiger partial charge in [0.1, 0.15) is 5.82 Å². The highest BCUT2D eigenvalue weighted by molar-refractivity contribution is 6.08. The van der Waals surface area contributed by atoms with E-state index in [4.69, 9.17) is 5.73 Å².